The highest BCUT2D eigenvalue weighted by molar-refractivity contribution is 7.97. The van der Waals surface area contributed by atoms with E-state index in [1.807, 2.05) is 37.4 Å². The van der Waals surface area contributed by atoms with Gasteiger partial charge in [-0.15, -0.1) is 0 Å². The molecule has 1 aromatic heterocycles. The van der Waals surface area contributed by atoms with Gasteiger partial charge in [-0.1, -0.05) is 6.07 Å². The Morgan fingerprint density at radius 3 is 2.42 bits per heavy atom. The summed E-state index contributed by atoms with van der Waals surface area (Å²) in [4.78, 5) is 9.51. The fraction of sp³-hybridized carbons (Fsp3) is 0.0588. The first-order valence-electron chi connectivity index (χ1n) is 7.22. The molecule has 0 spiro atoms. The first-order chi connectivity index (χ1) is 11.7. The van der Waals surface area contributed by atoms with Gasteiger partial charge in [0, 0.05) is 16.6 Å². The van der Waals surface area contributed by atoms with Gasteiger partial charge in [-0.2, -0.15) is 0 Å². The molecule has 0 saturated carbocycles. The van der Waals surface area contributed by atoms with Crippen LogP contribution in [0.5, 0.6) is 17.2 Å². The van der Waals surface area contributed by atoms with Gasteiger partial charge in [0.15, 0.2) is 5.75 Å². The van der Waals surface area contributed by atoms with Crippen LogP contribution in [0.2, 0.25) is 0 Å². The number of rotatable bonds is 6. The van der Waals surface area contributed by atoms with Crippen LogP contribution in [0.25, 0.3) is 0 Å². The number of benzene rings is 2. The number of anilines is 2. The van der Waals surface area contributed by atoms with E-state index in [0.29, 0.717) is 23.1 Å². The lowest BCUT2D eigenvalue weighted by Gasteiger charge is -2.08. The third kappa shape index (κ3) is 4.37. The lowest BCUT2D eigenvalue weighted by atomic mass is 10.3. The number of phenols is 1. The second-order valence-electron chi connectivity index (χ2n) is 4.80. The summed E-state index contributed by atoms with van der Waals surface area (Å²) in [5.41, 5.74) is 0.710. The summed E-state index contributed by atoms with van der Waals surface area (Å²) in [6.45, 7) is 0. The van der Waals surface area contributed by atoms with Gasteiger partial charge in [0.1, 0.15) is 11.5 Å². The average molecular weight is 340 g/mol. The monoisotopic (exact) mass is 340 g/mol. The molecule has 0 aliphatic heterocycles. The van der Waals surface area contributed by atoms with Gasteiger partial charge in [-0.25, -0.2) is 9.97 Å². The summed E-state index contributed by atoms with van der Waals surface area (Å²) in [7, 11) is 1.87. The van der Waals surface area contributed by atoms with Crippen LogP contribution in [-0.4, -0.2) is 22.1 Å². The van der Waals surface area contributed by atoms with Crippen LogP contribution in [-0.2, 0) is 0 Å². The van der Waals surface area contributed by atoms with Crippen molar-refractivity contribution >= 4 is 23.6 Å². The van der Waals surface area contributed by atoms with E-state index in [1.54, 1.807) is 30.6 Å². The van der Waals surface area contributed by atoms with E-state index < -0.39 is 0 Å². The molecule has 7 heteroatoms. The fourth-order valence-corrected chi connectivity index (χ4v) is 2.48. The molecule has 0 fully saturated rings. The Kier molecular flexibility index (Phi) is 5.15. The van der Waals surface area contributed by atoms with E-state index in [9.17, 15) is 5.11 Å². The minimum Gasteiger partial charge on any atom is -0.508 e. The van der Waals surface area contributed by atoms with Crippen molar-refractivity contribution in [3.63, 3.8) is 0 Å². The number of aromatic nitrogens is 2. The SMILES string of the molecule is CNSc1ccc(Oc2cnc(Nc3cccc(O)c3)nc2)cc1. The summed E-state index contributed by atoms with van der Waals surface area (Å²) >= 11 is 1.54. The zero-order valence-electron chi connectivity index (χ0n) is 12.9. The molecule has 1 heterocycles. The Bertz CT molecular complexity index is 794. The van der Waals surface area contributed by atoms with Crippen molar-refractivity contribution in [3.8, 4) is 17.2 Å². The topological polar surface area (TPSA) is 79.3 Å². The molecular weight excluding hydrogens is 324 g/mol. The number of nitrogens with one attached hydrogen (secondary N) is 2. The molecule has 0 saturated heterocycles. The van der Waals surface area contributed by atoms with E-state index in [0.717, 1.165) is 4.90 Å². The van der Waals surface area contributed by atoms with Crippen molar-refractivity contribution in [2.24, 2.45) is 0 Å². The van der Waals surface area contributed by atoms with Gasteiger partial charge in [0.05, 0.1) is 12.4 Å². The standard InChI is InChI=1S/C17H16N4O2S/c1-18-24-16-7-5-14(6-8-16)23-15-10-19-17(20-11-15)21-12-3-2-4-13(22)9-12/h2-11,18,22H,1H3,(H,19,20,21). The van der Waals surface area contributed by atoms with Crippen LogP contribution >= 0.6 is 11.9 Å². The maximum absolute atomic E-state index is 9.45. The predicted molar refractivity (Wildman–Crippen MR) is 94.9 cm³/mol. The highest BCUT2D eigenvalue weighted by Crippen LogP contribution is 2.24. The van der Waals surface area contributed by atoms with E-state index in [-0.39, 0.29) is 5.75 Å². The molecule has 3 aromatic rings. The molecule has 0 bridgehead atoms. The fourth-order valence-electron chi connectivity index (χ4n) is 1.98. The van der Waals surface area contributed by atoms with Crippen molar-refractivity contribution in [1.29, 1.82) is 0 Å². The molecule has 0 radical (unpaired) electrons. The van der Waals surface area contributed by atoms with Crippen molar-refractivity contribution in [2.75, 3.05) is 12.4 Å². The summed E-state index contributed by atoms with van der Waals surface area (Å²) in [5, 5.41) is 12.5. The molecular formula is C17H16N4O2S. The molecule has 6 nitrogen and oxygen atoms in total. The molecule has 2 aromatic carbocycles. The Morgan fingerprint density at radius 1 is 1.00 bits per heavy atom. The van der Waals surface area contributed by atoms with E-state index in [4.69, 9.17) is 4.74 Å². The van der Waals surface area contributed by atoms with Gasteiger partial charge in [-0.3, -0.25) is 4.72 Å². The van der Waals surface area contributed by atoms with Crippen LogP contribution in [0.1, 0.15) is 0 Å². The van der Waals surface area contributed by atoms with Crippen LogP contribution < -0.4 is 14.8 Å². The molecule has 122 valence electrons. The average Bonchev–Trinajstić information content (AvgIpc) is 2.59. The van der Waals surface area contributed by atoms with E-state index in [2.05, 4.69) is 20.0 Å². The zero-order chi connectivity index (χ0) is 16.8. The lowest BCUT2D eigenvalue weighted by Crippen LogP contribution is -1.97. The number of hydrogen-bond donors (Lipinski definition) is 3. The highest BCUT2D eigenvalue weighted by atomic mass is 32.2. The second kappa shape index (κ2) is 7.67. The third-order valence-corrected chi connectivity index (χ3v) is 3.72. The molecule has 0 unspecified atom stereocenters. The number of hydrogen-bond acceptors (Lipinski definition) is 7. The summed E-state index contributed by atoms with van der Waals surface area (Å²) in [5.74, 6) is 1.87. The van der Waals surface area contributed by atoms with Crippen molar-refractivity contribution in [3.05, 3.63) is 60.9 Å². The molecule has 3 N–H and O–H groups in total. The molecule has 0 atom stereocenters. The number of phenolic OH excluding ortho intramolecular Hbond substituents is 1. The normalized spacial score (nSPS) is 10.4. The summed E-state index contributed by atoms with van der Waals surface area (Å²) in [6.07, 6.45) is 3.18. The zero-order valence-corrected chi connectivity index (χ0v) is 13.7. The molecule has 24 heavy (non-hydrogen) atoms. The highest BCUT2D eigenvalue weighted by Gasteiger charge is 2.02. The van der Waals surface area contributed by atoms with Gasteiger partial charge in [-0.05, 0) is 55.4 Å². The van der Waals surface area contributed by atoms with E-state index >= 15 is 0 Å². The maximum atomic E-state index is 9.45. The van der Waals surface area contributed by atoms with Crippen molar-refractivity contribution in [1.82, 2.24) is 14.7 Å². The molecule has 0 aliphatic carbocycles. The largest absolute Gasteiger partial charge is 0.508 e. The summed E-state index contributed by atoms with van der Waals surface area (Å²) in [6, 6.07) is 14.5. The second-order valence-corrected chi connectivity index (χ2v) is 5.88. The first kappa shape index (κ1) is 16.1. The smallest absolute Gasteiger partial charge is 0.227 e. The van der Waals surface area contributed by atoms with Crippen molar-refractivity contribution in [2.45, 2.75) is 4.90 Å². The van der Waals surface area contributed by atoms with Crippen LogP contribution in [0.3, 0.4) is 0 Å². The Labute approximate surface area is 144 Å². The Morgan fingerprint density at radius 2 is 1.75 bits per heavy atom. The van der Waals surface area contributed by atoms with Crippen LogP contribution in [0.4, 0.5) is 11.6 Å². The van der Waals surface area contributed by atoms with Crippen LogP contribution in [0, 0.1) is 0 Å². The number of nitrogens with zero attached hydrogens (tertiary/aromatic N) is 2. The Hall–Kier alpha value is -2.77. The summed E-state index contributed by atoms with van der Waals surface area (Å²) < 4.78 is 8.73. The van der Waals surface area contributed by atoms with Gasteiger partial charge in [0.25, 0.3) is 0 Å². The lowest BCUT2D eigenvalue weighted by molar-refractivity contribution is 0.475. The quantitative estimate of drug-likeness (QED) is 0.586. The Balaban J connectivity index is 1.63. The van der Waals surface area contributed by atoms with Crippen molar-refractivity contribution < 1.29 is 9.84 Å². The van der Waals surface area contributed by atoms with Gasteiger partial charge in [0.2, 0.25) is 5.95 Å². The maximum Gasteiger partial charge on any atom is 0.227 e. The van der Waals surface area contributed by atoms with Gasteiger partial charge >= 0.3 is 0 Å². The molecule has 3 rings (SSSR count). The minimum atomic E-state index is 0.180. The minimum absolute atomic E-state index is 0.180. The van der Waals surface area contributed by atoms with Gasteiger partial charge < -0.3 is 15.2 Å². The molecule has 0 aliphatic rings. The number of aromatic hydroxyl groups is 1. The van der Waals surface area contributed by atoms with E-state index in [1.165, 1.54) is 11.9 Å². The predicted octanol–water partition coefficient (Wildman–Crippen LogP) is 3.94. The first-order valence-corrected chi connectivity index (χ1v) is 8.04. The van der Waals surface area contributed by atoms with Crippen LogP contribution in [0.15, 0.2) is 65.8 Å². The molecule has 0 amide bonds. The number of ether oxygens (including phenoxy) is 1. The third-order valence-electron chi connectivity index (χ3n) is 3.01.